The van der Waals surface area contributed by atoms with E-state index in [0.29, 0.717) is 5.92 Å². The maximum atomic E-state index is 2.94. The predicted molar refractivity (Wildman–Crippen MR) is 158 cm³/mol. The first-order valence-electron chi connectivity index (χ1n) is 14.6. The lowest BCUT2D eigenvalue weighted by atomic mass is 9.77. The molecular formula is C33H53P. The van der Waals surface area contributed by atoms with Crippen molar-refractivity contribution in [3.8, 4) is 0 Å². The van der Waals surface area contributed by atoms with Gasteiger partial charge in [-0.3, -0.25) is 0 Å². The van der Waals surface area contributed by atoms with E-state index >= 15 is 0 Å². The minimum absolute atomic E-state index is 0.540. The first-order chi connectivity index (χ1) is 16.7. The third kappa shape index (κ3) is 8.82. The Kier molecular flexibility index (Phi) is 14.8. The fraction of sp³-hybridized carbons (Fsp3) is 0.636. The summed E-state index contributed by atoms with van der Waals surface area (Å²) in [6, 6.07) is 14.6. The van der Waals surface area contributed by atoms with E-state index in [4.69, 9.17) is 0 Å². The van der Waals surface area contributed by atoms with Crippen molar-refractivity contribution in [2.75, 3.05) is 6.16 Å². The molecule has 1 unspecified atom stereocenters. The van der Waals surface area contributed by atoms with E-state index in [-0.39, 0.29) is 0 Å². The number of hydrogen-bond donors (Lipinski definition) is 0. The topological polar surface area (TPSA) is 0 Å². The van der Waals surface area contributed by atoms with Gasteiger partial charge < -0.3 is 0 Å². The second-order valence-electron chi connectivity index (χ2n) is 10.2. The van der Waals surface area contributed by atoms with E-state index < -0.39 is 0 Å². The van der Waals surface area contributed by atoms with Gasteiger partial charge in [0, 0.05) is 5.92 Å². The van der Waals surface area contributed by atoms with Gasteiger partial charge in [0.15, 0.2) is 0 Å². The molecule has 0 spiro atoms. The van der Waals surface area contributed by atoms with Crippen LogP contribution < -0.4 is 0 Å². The average molecular weight is 481 g/mol. The molecule has 2 rings (SSSR count). The first-order valence-corrected chi connectivity index (χ1v) is 15.4. The summed E-state index contributed by atoms with van der Waals surface area (Å²) in [5.41, 5.74) is 9.93. The minimum Gasteiger partial charge on any atom is -0.138 e. The van der Waals surface area contributed by atoms with Gasteiger partial charge in [0.05, 0.1) is 0 Å². The molecule has 0 aliphatic rings. The molecule has 190 valence electrons. The van der Waals surface area contributed by atoms with Crippen LogP contribution >= 0.6 is 9.24 Å². The molecule has 0 aliphatic carbocycles. The van der Waals surface area contributed by atoms with Gasteiger partial charge in [0.25, 0.3) is 0 Å². The molecule has 2 aromatic rings. The summed E-state index contributed by atoms with van der Waals surface area (Å²) in [6.45, 7) is 9.32. The summed E-state index contributed by atoms with van der Waals surface area (Å²) in [6.07, 6.45) is 20.4. The van der Waals surface area contributed by atoms with Gasteiger partial charge in [-0.05, 0) is 104 Å². The average Bonchev–Trinajstić information content (AvgIpc) is 2.86. The second-order valence-corrected chi connectivity index (χ2v) is 10.8. The maximum Gasteiger partial charge on any atom is 0.00950 e. The van der Waals surface area contributed by atoms with Crippen LogP contribution in [0.5, 0.6) is 0 Å². The molecule has 0 radical (unpaired) electrons. The van der Waals surface area contributed by atoms with Crippen molar-refractivity contribution >= 4 is 9.24 Å². The summed E-state index contributed by atoms with van der Waals surface area (Å²) in [7, 11) is 2.94. The number of unbranched alkanes of at least 4 members (excludes halogenated alkanes) is 5. The van der Waals surface area contributed by atoms with Crippen LogP contribution in [0.3, 0.4) is 0 Å². The molecule has 0 aromatic heterocycles. The molecule has 0 fully saturated rings. The van der Waals surface area contributed by atoms with Crippen molar-refractivity contribution in [1.29, 1.82) is 0 Å². The predicted octanol–water partition coefficient (Wildman–Crippen LogP) is 10.2. The standard InChI is InChI=1S/C33H53P/c1-5-9-17-27-19-15-24-31(29(27)21-11-7-3)33(23-13-14-26-34)32-25-16-20-28(18-10-6-2)30(32)22-12-8-4/h15-16,19-20,24-25,33H,5-14,17-18,21-23,26,34H2,1-4H3. The molecule has 0 bridgehead atoms. The monoisotopic (exact) mass is 480 g/mol. The highest BCUT2D eigenvalue weighted by molar-refractivity contribution is 7.16. The highest BCUT2D eigenvalue weighted by Crippen LogP contribution is 2.38. The lowest BCUT2D eigenvalue weighted by molar-refractivity contribution is 0.632. The molecule has 0 saturated heterocycles. The fourth-order valence-corrected chi connectivity index (χ4v) is 5.74. The van der Waals surface area contributed by atoms with Gasteiger partial charge in [-0.15, -0.1) is 9.24 Å². The Morgan fingerprint density at radius 1 is 0.559 bits per heavy atom. The van der Waals surface area contributed by atoms with Crippen molar-refractivity contribution in [1.82, 2.24) is 0 Å². The van der Waals surface area contributed by atoms with Crippen molar-refractivity contribution in [3.63, 3.8) is 0 Å². The van der Waals surface area contributed by atoms with Gasteiger partial charge in [-0.25, -0.2) is 0 Å². The first kappa shape index (κ1) is 29.1. The second kappa shape index (κ2) is 17.3. The minimum atomic E-state index is 0.540. The van der Waals surface area contributed by atoms with Crippen molar-refractivity contribution in [2.45, 2.75) is 130 Å². The van der Waals surface area contributed by atoms with Gasteiger partial charge >= 0.3 is 0 Å². The molecule has 0 saturated carbocycles. The lowest BCUT2D eigenvalue weighted by Gasteiger charge is -2.27. The molecule has 1 heteroatoms. The molecule has 0 heterocycles. The quantitative estimate of drug-likeness (QED) is 0.147. The Balaban J connectivity index is 2.62. The zero-order chi connectivity index (χ0) is 24.6. The van der Waals surface area contributed by atoms with E-state index in [1.807, 2.05) is 0 Å². The highest BCUT2D eigenvalue weighted by atomic mass is 31.0. The Morgan fingerprint density at radius 3 is 1.41 bits per heavy atom. The lowest BCUT2D eigenvalue weighted by Crippen LogP contribution is -2.12. The van der Waals surface area contributed by atoms with Gasteiger partial charge in [0.2, 0.25) is 0 Å². The summed E-state index contributed by atoms with van der Waals surface area (Å²) in [4.78, 5) is 0. The molecule has 0 amide bonds. The van der Waals surface area contributed by atoms with Gasteiger partial charge in [0.1, 0.15) is 0 Å². The normalized spacial score (nSPS) is 11.5. The van der Waals surface area contributed by atoms with Crippen molar-refractivity contribution in [3.05, 3.63) is 69.8 Å². The number of rotatable bonds is 18. The molecule has 34 heavy (non-hydrogen) atoms. The van der Waals surface area contributed by atoms with Crippen LogP contribution in [0, 0.1) is 0 Å². The summed E-state index contributed by atoms with van der Waals surface area (Å²) in [5, 5.41) is 0. The number of hydrogen-bond acceptors (Lipinski definition) is 0. The Bertz CT molecular complexity index is 743. The van der Waals surface area contributed by atoms with Crippen molar-refractivity contribution < 1.29 is 0 Å². The van der Waals surface area contributed by atoms with E-state index in [1.165, 1.54) is 102 Å². The van der Waals surface area contributed by atoms with Crippen LogP contribution in [0.2, 0.25) is 0 Å². The SMILES string of the molecule is CCCCc1cccc(C(CCCCP)c2cccc(CCCC)c2CCCC)c1CCCC. The van der Waals surface area contributed by atoms with Crippen LogP contribution in [-0.2, 0) is 25.7 Å². The number of benzene rings is 2. The Morgan fingerprint density at radius 2 is 1.00 bits per heavy atom. The zero-order valence-corrected chi connectivity index (χ0v) is 24.1. The highest BCUT2D eigenvalue weighted by Gasteiger charge is 2.22. The van der Waals surface area contributed by atoms with E-state index in [1.54, 1.807) is 33.4 Å². The molecular weight excluding hydrogens is 427 g/mol. The Hall–Kier alpha value is -1.13. The third-order valence-electron chi connectivity index (χ3n) is 7.48. The van der Waals surface area contributed by atoms with Gasteiger partial charge in [-0.1, -0.05) is 96.2 Å². The summed E-state index contributed by atoms with van der Waals surface area (Å²) in [5.74, 6) is 0.540. The number of aryl methyl sites for hydroxylation is 2. The molecule has 2 aromatic carbocycles. The largest absolute Gasteiger partial charge is 0.138 e. The van der Waals surface area contributed by atoms with Crippen molar-refractivity contribution in [2.24, 2.45) is 0 Å². The Labute approximate surface area is 214 Å². The van der Waals surface area contributed by atoms with E-state index in [0.717, 1.165) is 0 Å². The van der Waals surface area contributed by atoms with Gasteiger partial charge in [-0.2, -0.15) is 0 Å². The van der Waals surface area contributed by atoms with Crippen LogP contribution in [0.25, 0.3) is 0 Å². The molecule has 0 nitrogen and oxygen atoms in total. The molecule has 0 N–H and O–H groups in total. The fourth-order valence-electron chi connectivity index (χ4n) is 5.45. The third-order valence-corrected chi connectivity index (χ3v) is 7.88. The zero-order valence-electron chi connectivity index (χ0n) is 22.9. The van der Waals surface area contributed by atoms with Crippen LogP contribution in [0.1, 0.15) is 138 Å². The molecule has 1 atom stereocenters. The van der Waals surface area contributed by atoms with Crippen LogP contribution in [-0.4, -0.2) is 6.16 Å². The van der Waals surface area contributed by atoms with E-state index in [9.17, 15) is 0 Å². The maximum absolute atomic E-state index is 2.94. The van der Waals surface area contributed by atoms with E-state index in [2.05, 4.69) is 73.3 Å². The summed E-state index contributed by atoms with van der Waals surface area (Å²) < 4.78 is 0. The van der Waals surface area contributed by atoms with Crippen LogP contribution in [0.4, 0.5) is 0 Å². The smallest absolute Gasteiger partial charge is 0.00950 e. The summed E-state index contributed by atoms with van der Waals surface area (Å²) >= 11 is 0. The van der Waals surface area contributed by atoms with Crippen LogP contribution in [0.15, 0.2) is 36.4 Å². The molecule has 0 aliphatic heterocycles.